The van der Waals surface area contributed by atoms with Crippen LogP contribution < -0.4 is 10.3 Å². The molecule has 17 heavy (non-hydrogen) atoms. The Balaban J connectivity index is 2.65. The smallest absolute Gasteiger partial charge is 0.270 e. The summed E-state index contributed by atoms with van der Waals surface area (Å²) in [7, 11) is 1.57. The number of rotatable bonds is 2. The van der Waals surface area contributed by atoms with E-state index in [0.717, 1.165) is 5.56 Å². The molecule has 0 bridgehead atoms. The number of nitrogens with zero attached hydrogens (tertiary/aromatic N) is 1. The normalized spacial score (nSPS) is 10.3. The molecule has 88 valence electrons. The minimum absolute atomic E-state index is 0.114. The minimum atomic E-state index is -0.347. The average molecular weight is 251 g/mol. The summed E-state index contributed by atoms with van der Waals surface area (Å²) in [5.74, 6) is 1.10. The van der Waals surface area contributed by atoms with Gasteiger partial charge in [0.2, 0.25) is 0 Å². The van der Waals surface area contributed by atoms with Crippen molar-refractivity contribution in [3.8, 4) is 17.1 Å². The molecule has 1 N–H and O–H groups in total. The summed E-state index contributed by atoms with van der Waals surface area (Å²) in [6.45, 7) is 1.69. The molecule has 0 amide bonds. The maximum absolute atomic E-state index is 11.6. The van der Waals surface area contributed by atoms with Gasteiger partial charge in [-0.3, -0.25) is 4.79 Å². The molecule has 1 aromatic heterocycles. The van der Waals surface area contributed by atoms with Crippen molar-refractivity contribution >= 4 is 11.6 Å². The van der Waals surface area contributed by atoms with Gasteiger partial charge in [0.25, 0.3) is 5.56 Å². The van der Waals surface area contributed by atoms with E-state index in [1.165, 1.54) is 0 Å². The van der Waals surface area contributed by atoms with Crippen LogP contribution in [-0.4, -0.2) is 17.1 Å². The van der Waals surface area contributed by atoms with Crippen LogP contribution >= 0.6 is 11.6 Å². The van der Waals surface area contributed by atoms with Gasteiger partial charge in [0.1, 0.15) is 16.6 Å². The summed E-state index contributed by atoms with van der Waals surface area (Å²) in [5.41, 5.74) is 0.878. The quantitative estimate of drug-likeness (QED) is 0.891. The van der Waals surface area contributed by atoms with E-state index in [2.05, 4.69) is 9.97 Å². The van der Waals surface area contributed by atoms with Crippen molar-refractivity contribution in [3.63, 3.8) is 0 Å². The Morgan fingerprint density at radius 2 is 2.06 bits per heavy atom. The molecule has 1 heterocycles. The highest BCUT2D eigenvalue weighted by molar-refractivity contribution is 6.30. The van der Waals surface area contributed by atoms with Crippen LogP contribution in [0.25, 0.3) is 11.4 Å². The standard InChI is InChI=1S/C12H11ClN2O2/c1-7-10(13)12(16)15-11(14-7)8-5-3-4-6-9(8)17-2/h3-6H,1-2H3,(H,14,15,16). The van der Waals surface area contributed by atoms with Gasteiger partial charge >= 0.3 is 0 Å². The van der Waals surface area contributed by atoms with E-state index in [0.29, 0.717) is 17.3 Å². The van der Waals surface area contributed by atoms with Gasteiger partial charge in [-0.1, -0.05) is 23.7 Å². The molecule has 0 atom stereocenters. The maximum Gasteiger partial charge on any atom is 0.270 e. The zero-order valence-electron chi connectivity index (χ0n) is 9.45. The van der Waals surface area contributed by atoms with Gasteiger partial charge in [0.15, 0.2) is 0 Å². The van der Waals surface area contributed by atoms with E-state index in [9.17, 15) is 4.79 Å². The summed E-state index contributed by atoms with van der Waals surface area (Å²) in [5, 5.41) is 0.114. The Bertz CT molecular complexity index is 608. The lowest BCUT2D eigenvalue weighted by Gasteiger charge is -2.08. The van der Waals surface area contributed by atoms with Gasteiger partial charge in [0, 0.05) is 0 Å². The number of nitrogens with one attached hydrogen (secondary N) is 1. The molecule has 0 saturated carbocycles. The first-order valence-corrected chi connectivity index (χ1v) is 5.41. The Morgan fingerprint density at radius 1 is 1.35 bits per heavy atom. The monoisotopic (exact) mass is 250 g/mol. The van der Waals surface area contributed by atoms with Crippen LogP contribution in [0.5, 0.6) is 5.75 Å². The highest BCUT2D eigenvalue weighted by Crippen LogP contribution is 2.26. The summed E-state index contributed by atoms with van der Waals surface area (Å²) >= 11 is 5.77. The maximum atomic E-state index is 11.6. The third-order valence-electron chi connectivity index (χ3n) is 2.39. The highest BCUT2D eigenvalue weighted by atomic mass is 35.5. The van der Waals surface area contributed by atoms with E-state index in [1.807, 2.05) is 18.2 Å². The fourth-order valence-corrected chi connectivity index (χ4v) is 1.63. The van der Waals surface area contributed by atoms with Gasteiger partial charge < -0.3 is 9.72 Å². The number of hydrogen-bond acceptors (Lipinski definition) is 3. The van der Waals surface area contributed by atoms with Crippen molar-refractivity contribution < 1.29 is 4.74 Å². The first-order valence-electron chi connectivity index (χ1n) is 5.03. The Hall–Kier alpha value is -1.81. The van der Waals surface area contributed by atoms with Gasteiger partial charge in [-0.15, -0.1) is 0 Å². The van der Waals surface area contributed by atoms with Crippen LogP contribution in [0.2, 0.25) is 5.02 Å². The molecule has 2 aromatic rings. The molecule has 0 unspecified atom stereocenters. The molecule has 5 heteroatoms. The second-order valence-electron chi connectivity index (χ2n) is 3.51. The predicted molar refractivity (Wildman–Crippen MR) is 66.6 cm³/mol. The van der Waals surface area contributed by atoms with Crippen molar-refractivity contribution in [1.82, 2.24) is 9.97 Å². The van der Waals surface area contributed by atoms with E-state index in [1.54, 1.807) is 20.1 Å². The molecule has 4 nitrogen and oxygen atoms in total. The average Bonchev–Trinajstić information content (AvgIpc) is 2.35. The zero-order valence-corrected chi connectivity index (χ0v) is 10.2. The summed E-state index contributed by atoms with van der Waals surface area (Å²) in [6.07, 6.45) is 0. The lowest BCUT2D eigenvalue weighted by atomic mass is 10.2. The van der Waals surface area contributed by atoms with Crippen LogP contribution in [0.1, 0.15) is 5.69 Å². The third kappa shape index (κ3) is 2.17. The summed E-state index contributed by atoms with van der Waals surface area (Å²) in [4.78, 5) is 18.4. The van der Waals surface area contributed by atoms with E-state index < -0.39 is 0 Å². The number of H-pyrrole nitrogens is 1. The molecule has 0 aliphatic carbocycles. The molecule has 0 saturated heterocycles. The van der Waals surface area contributed by atoms with Crippen molar-refractivity contribution in [2.75, 3.05) is 7.11 Å². The SMILES string of the molecule is COc1ccccc1-c1nc(C)c(Cl)c(=O)[nH]1. The molecule has 0 fully saturated rings. The van der Waals surface area contributed by atoms with Gasteiger partial charge in [-0.2, -0.15) is 0 Å². The fourth-order valence-electron chi connectivity index (χ4n) is 1.54. The highest BCUT2D eigenvalue weighted by Gasteiger charge is 2.10. The third-order valence-corrected chi connectivity index (χ3v) is 2.84. The predicted octanol–water partition coefficient (Wildman–Crippen LogP) is 2.41. The molecule has 1 aromatic carbocycles. The number of methoxy groups -OCH3 is 1. The first-order chi connectivity index (χ1) is 8.13. The van der Waals surface area contributed by atoms with E-state index in [-0.39, 0.29) is 10.6 Å². The van der Waals surface area contributed by atoms with Crippen LogP contribution in [0, 0.1) is 6.92 Å². The molecule has 2 rings (SSSR count). The number of aromatic amines is 1. The molecule has 0 radical (unpaired) electrons. The topological polar surface area (TPSA) is 55.0 Å². The summed E-state index contributed by atoms with van der Waals surface area (Å²) < 4.78 is 5.21. The number of aromatic nitrogens is 2. The summed E-state index contributed by atoms with van der Waals surface area (Å²) in [6, 6.07) is 7.33. The fraction of sp³-hybridized carbons (Fsp3) is 0.167. The Kier molecular flexibility index (Phi) is 3.15. The van der Waals surface area contributed by atoms with Crippen molar-refractivity contribution in [2.24, 2.45) is 0 Å². The van der Waals surface area contributed by atoms with Crippen LogP contribution in [0.3, 0.4) is 0 Å². The second kappa shape index (κ2) is 4.59. The van der Waals surface area contributed by atoms with Crippen LogP contribution in [0.4, 0.5) is 0 Å². The second-order valence-corrected chi connectivity index (χ2v) is 3.89. The van der Waals surface area contributed by atoms with Crippen molar-refractivity contribution in [1.29, 1.82) is 0 Å². The molecular formula is C12H11ClN2O2. The molecule has 0 aliphatic heterocycles. The lowest BCUT2D eigenvalue weighted by Crippen LogP contribution is -2.11. The molecule has 0 spiro atoms. The number of benzene rings is 1. The van der Waals surface area contributed by atoms with Crippen LogP contribution in [-0.2, 0) is 0 Å². The molecular weight excluding hydrogens is 240 g/mol. The van der Waals surface area contributed by atoms with E-state index in [4.69, 9.17) is 16.3 Å². The molecule has 0 aliphatic rings. The Morgan fingerprint density at radius 3 is 2.71 bits per heavy atom. The number of para-hydroxylation sites is 1. The largest absolute Gasteiger partial charge is 0.496 e. The van der Waals surface area contributed by atoms with Gasteiger partial charge in [-0.25, -0.2) is 4.98 Å². The number of ether oxygens (including phenoxy) is 1. The zero-order chi connectivity index (χ0) is 12.4. The Labute approximate surface area is 103 Å². The van der Waals surface area contributed by atoms with Crippen molar-refractivity contribution in [3.05, 3.63) is 45.3 Å². The number of hydrogen-bond donors (Lipinski definition) is 1. The lowest BCUT2D eigenvalue weighted by molar-refractivity contribution is 0.416. The number of halogens is 1. The first kappa shape index (κ1) is 11.7. The van der Waals surface area contributed by atoms with Crippen molar-refractivity contribution in [2.45, 2.75) is 6.92 Å². The van der Waals surface area contributed by atoms with E-state index >= 15 is 0 Å². The minimum Gasteiger partial charge on any atom is -0.496 e. The van der Waals surface area contributed by atoms with Gasteiger partial charge in [0.05, 0.1) is 18.4 Å². The van der Waals surface area contributed by atoms with Gasteiger partial charge in [-0.05, 0) is 19.1 Å². The van der Waals surface area contributed by atoms with Crippen LogP contribution in [0.15, 0.2) is 29.1 Å². The number of aryl methyl sites for hydroxylation is 1.